The number of amides is 1. The Morgan fingerprint density at radius 1 is 1.42 bits per heavy atom. The van der Waals surface area contributed by atoms with E-state index < -0.39 is 5.60 Å². The van der Waals surface area contributed by atoms with Gasteiger partial charge in [-0.25, -0.2) is 4.79 Å². The topological polar surface area (TPSA) is 68.5 Å². The van der Waals surface area contributed by atoms with Gasteiger partial charge in [0.15, 0.2) is 5.82 Å². The van der Waals surface area contributed by atoms with E-state index in [1.165, 1.54) is 0 Å². The van der Waals surface area contributed by atoms with Gasteiger partial charge in [-0.1, -0.05) is 5.16 Å². The molecule has 0 unspecified atom stereocenters. The van der Waals surface area contributed by atoms with Crippen LogP contribution in [0.5, 0.6) is 0 Å². The van der Waals surface area contributed by atoms with Crippen LogP contribution in [0.4, 0.5) is 4.79 Å². The Kier molecular flexibility index (Phi) is 3.78. The van der Waals surface area contributed by atoms with E-state index in [2.05, 4.69) is 10.1 Å². The first-order valence-electron chi connectivity index (χ1n) is 6.66. The molecule has 1 saturated heterocycles. The van der Waals surface area contributed by atoms with Crippen LogP contribution in [0.3, 0.4) is 0 Å². The van der Waals surface area contributed by atoms with Crippen molar-refractivity contribution in [2.24, 2.45) is 0 Å². The fourth-order valence-electron chi connectivity index (χ4n) is 2.18. The standard InChI is InChI=1S/C13H21N3O3/c1-9-14-11(19-15-9)10-7-5-6-8-16(10)12(17)18-13(2,3)4/h10H,5-8H2,1-4H3/t10-/m1/s1. The largest absolute Gasteiger partial charge is 0.444 e. The second-order valence-corrected chi connectivity index (χ2v) is 5.87. The van der Waals surface area contributed by atoms with Gasteiger partial charge in [0.2, 0.25) is 5.89 Å². The Balaban J connectivity index is 2.14. The van der Waals surface area contributed by atoms with Crippen LogP contribution < -0.4 is 0 Å². The fraction of sp³-hybridized carbons (Fsp3) is 0.769. The summed E-state index contributed by atoms with van der Waals surface area (Å²) in [7, 11) is 0. The minimum atomic E-state index is -0.496. The number of piperidine rings is 1. The molecule has 0 radical (unpaired) electrons. The monoisotopic (exact) mass is 267 g/mol. The van der Waals surface area contributed by atoms with E-state index in [9.17, 15) is 4.79 Å². The van der Waals surface area contributed by atoms with Gasteiger partial charge in [-0.2, -0.15) is 4.98 Å². The number of carbonyl (C=O) groups is 1. The maximum Gasteiger partial charge on any atom is 0.410 e. The molecule has 0 N–H and O–H groups in total. The first kappa shape index (κ1) is 13.8. The zero-order chi connectivity index (χ0) is 14.0. The van der Waals surface area contributed by atoms with Gasteiger partial charge in [-0.15, -0.1) is 0 Å². The molecule has 2 heterocycles. The number of aryl methyl sites for hydroxylation is 1. The molecular formula is C13H21N3O3. The maximum atomic E-state index is 12.2. The van der Waals surface area contributed by atoms with Crippen molar-refractivity contribution >= 4 is 6.09 Å². The lowest BCUT2D eigenvalue weighted by Crippen LogP contribution is -2.42. The maximum absolute atomic E-state index is 12.2. The molecule has 0 spiro atoms. The lowest BCUT2D eigenvalue weighted by Gasteiger charge is -2.34. The molecule has 6 heteroatoms. The van der Waals surface area contributed by atoms with Crippen molar-refractivity contribution in [2.75, 3.05) is 6.54 Å². The highest BCUT2D eigenvalue weighted by Gasteiger charge is 2.34. The summed E-state index contributed by atoms with van der Waals surface area (Å²) >= 11 is 0. The van der Waals surface area contributed by atoms with Crippen LogP contribution in [0.25, 0.3) is 0 Å². The third kappa shape index (κ3) is 3.45. The molecule has 1 aromatic heterocycles. The molecule has 0 saturated carbocycles. The first-order chi connectivity index (χ1) is 8.87. The van der Waals surface area contributed by atoms with Crippen LogP contribution in [0.2, 0.25) is 0 Å². The summed E-state index contributed by atoms with van der Waals surface area (Å²) in [6, 6.07) is -0.162. The second-order valence-electron chi connectivity index (χ2n) is 5.87. The van der Waals surface area contributed by atoms with Crippen molar-refractivity contribution in [1.29, 1.82) is 0 Å². The van der Waals surface area contributed by atoms with Gasteiger partial charge < -0.3 is 9.26 Å². The van der Waals surface area contributed by atoms with Crippen LogP contribution in [-0.4, -0.2) is 33.3 Å². The zero-order valence-corrected chi connectivity index (χ0v) is 12.0. The average molecular weight is 267 g/mol. The third-order valence-electron chi connectivity index (χ3n) is 2.96. The number of ether oxygens (including phenoxy) is 1. The van der Waals surface area contributed by atoms with Gasteiger partial charge >= 0.3 is 6.09 Å². The molecule has 0 aromatic carbocycles. The van der Waals surface area contributed by atoms with Crippen LogP contribution in [-0.2, 0) is 4.74 Å². The van der Waals surface area contributed by atoms with E-state index in [0.29, 0.717) is 18.3 Å². The van der Waals surface area contributed by atoms with Gasteiger partial charge in [0.25, 0.3) is 0 Å². The highest BCUT2D eigenvalue weighted by Crippen LogP contribution is 2.31. The summed E-state index contributed by atoms with van der Waals surface area (Å²) in [6.45, 7) is 8.02. The SMILES string of the molecule is Cc1noc([C@H]2CCCCN2C(=O)OC(C)(C)C)n1. The Bertz CT molecular complexity index is 450. The molecule has 1 aromatic rings. The zero-order valence-electron chi connectivity index (χ0n) is 12.0. The third-order valence-corrected chi connectivity index (χ3v) is 2.96. The van der Waals surface area contributed by atoms with Crippen molar-refractivity contribution in [3.8, 4) is 0 Å². The first-order valence-corrected chi connectivity index (χ1v) is 6.66. The Morgan fingerprint density at radius 3 is 2.74 bits per heavy atom. The Labute approximate surface area is 113 Å². The van der Waals surface area contributed by atoms with E-state index in [1.807, 2.05) is 20.8 Å². The molecule has 1 aliphatic heterocycles. The van der Waals surface area contributed by atoms with E-state index in [4.69, 9.17) is 9.26 Å². The highest BCUT2D eigenvalue weighted by atomic mass is 16.6. The Hall–Kier alpha value is -1.59. The molecule has 19 heavy (non-hydrogen) atoms. The number of aromatic nitrogens is 2. The van der Waals surface area contributed by atoms with Crippen molar-refractivity contribution in [2.45, 2.75) is 58.6 Å². The van der Waals surface area contributed by atoms with E-state index in [-0.39, 0.29) is 12.1 Å². The van der Waals surface area contributed by atoms with Gasteiger partial charge in [-0.05, 0) is 47.0 Å². The van der Waals surface area contributed by atoms with Crippen LogP contribution in [0, 0.1) is 6.92 Å². The molecule has 1 fully saturated rings. The van der Waals surface area contributed by atoms with Gasteiger partial charge in [0.1, 0.15) is 11.6 Å². The summed E-state index contributed by atoms with van der Waals surface area (Å²) in [5.41, 5.74) is -0.496. The number of nitrogens with zero attached hydrogens (tertiary/aromatic N) is 3. The molecule has 106 valence electrons. The van der Waals surface area contributed by atoms with Gasteiger partial charge in [0.05, 0.1) is 0 Å². The van der Waals surface area contributed by atoms with Crippen LogP contribution >= 0.6 is 0 Å². The molecule has 0 bridgehead atoms. The smallest absolute Gasteiger partial charge is 0.410 e. The summed E-state index contributed by atoms with van der Waals surface area (Å²) in [6.07, 6.45) is 2.54. The lowest BCUT2D eigenvalue weighted by molar-refractivity contribution is 0.00538. The van der Waals surface area contributed by atoms with Crippen LogP contribution in [0.1, 0.15) is 57.8 Å². The summed E-state index contributed by atoms with van der Waals surface area (Å²) in [5, 5.41) is 3.80. The molecule has 1 amide bonds. The number of hydrogen-bond acceptors (Lipinski definition) is 5. The normalized spacial score (nSPS) is 20.4. The van der Waals surface area contributed by atoms with Crippen molar-refractivity contribution in [3.63, 3.8) is 0 Å². The van der Waals surface area contributed by atoms with Crippen molar-refractivity contribution < 1.29 is 14.1 Å². The molecular weight excluding hydrogens is 246 g/mol. The molecule has 1 aliphatic rings. The Morgan fingerprint density at radius 2 is 2.16 bits per heavy atom. The number of rotatable bonds is 1. The molecule has 1 atom stereocenters. The van der Waals surface area contributed by atoms with E-state index >= 15 is 0 Å². The fourth-order valence-corrected chi connectivity index (χ4v) is 2.18. The van der Waals surface area contributed by atoms with Crippen molar-refractivity contribution in [3.05, 3.63) is 11.7 Å². The quantitative estimate of drug-likeness (QED) is 0.782. The van der Waals surface area contributed by atoms with Gasteiger partial charge in [0, 0.05) is 6.54 Å². The lowest BCUT2D eigenvalue weighted by atomic mass is 10.0. The van der Waals surface area contributed by atoms with E-state index in [1.54, 1.807) is 11.8 Å². The summed E-state index contributed by atoms with van der Waals surface area (Å²) in [4.78, 5) is 18.2. The van der Waals surface area contributed by atoms with Crippen molar-refractivity contribution in [1.82, 2.24) is 15.0 Å². The van der Waals surface area contributed by atoms with Gasteiger partial charge in [-0.3, -0.25) is 4.90 Å². The predicted octanol–water partition coefficient (Wildman–Crippen LogP) is 2.84. The average Bonchev–Trinajstić information content (AvgIpc) is 2.73. The number of likely N-dealkylation sites (tertiary alicyclic amines) is 1. The number of carbonyl (C=O) groups excluding carboxylic acids is 1. The van der Waals surface area contributed by atoms with E-state index in [0.717, 1.165) is 19.3 Å². The second kappa shape index (κ2) is 5.19. The minimum absolute atomic E-state index is 0.162. The summed E-state index contributed by atoms with van der Waals surface area (Å²) < 4.78 is 10.6. The van der Waals surface area contributed by atoms with Crippen LogP contribution in [0.15, 0.2) is 4.52 Å². The number of hydrogen-bond donors (Lipinski definition) is 0. The minimum Gasteiger partial charge on any atom is -0.444 e. The summed E-state index contributed by atoms with van der Waals surface area (Å²) in [5.74, 6) is 1.09. The molecule has 2 rings (SSSR count). The molecule has 6 nitrogen and oxygen atoms in total. The highest BCUT2D eigenvalue weighted by molar-refractivity contribution is 5.68. The predicted molar refractivity (Wildman–Crippen MR) is 68.6 cm³/mol. The molecule has 0 aliphatic carbocycles.